The molecule has 4 nitrogen and oxygen atoms in total. The molecule has 3 rings (SSSR count). The molecule has 0 radical (unpaired) electrons. The first kappa shape index (κ1) is 19.9. The van der Waals surface area contributed by atoms with Crippen LogP contribution in [0, 0.1) is 0 Å². The summed E-state index contributed by atoms with van der Waals surface area (Å²) in [7, 11) is 0. The van der Waals surface area contributed by atoms with E-state index in [0.717, 1.165) is 32.0 Å². The summed E-state index contributed by atoms with van der Waals surface area (Å²) < 4.78 is 0. The molecule has 0 N–H and O–H groups in total. The summed E-state index contributed by atoms with van der Waals surface area (Å²) in [5, 5.41) is 0. The zero-order valence-electron chi connectivity index (χ0n) is 15.3. The van der Waals surface area contributed by atoms with Gasteiger partial charge in [0.15, 0.2) is 0 Å². The van der Waals surface area contributed by atoms with Gasteiger partial charge in [-0.3, -0.25) is 4.90 Å². The third-order valence-corrected chi connectivity index (χ3v) is 5.13. The molecule has 136 valence electrons. The molecule has 2 saturated heterocycles. The van der Waals surface area contributed by atoms with Crippen molar-refractivity contribution in [2.75, 3.05) is 55.6 Å². The van der Waals surface area contributed by atoms with Gasteiger partial charge in [-0.05, 0) is 49.9 Å². The van der Waals surface area contributed by atoms with E-state index in [9.17, 15) is 0 Å². The molecule has 0 aliphatic carbocycles. The van der Waals surface area contributed by atoms with E-state index < -0.39 is 0 Å². The second-order valence-electron chi connectivity index (χ2n) is 6.77. The second kappa shape index (κ2) is 11.3. The van der Waals surface area contributed by atoms with Gasteiger partial charge in [-0.2, -0.15) is 0 Å². The number of piperazine rings is 1. The highest BCUT2D eigenvalue weighted by atomic mass is 127. The predicted molar refractivity (Wildman–Crippen MR) is 112 cm³/mol. The summed E-state index contributed by atoms with van der Waals surface area (Å²) in [4.78, 5) is 14.2. The van der Waals surface area contributed by atoms with Crippen molar-refractivity contribution in [3.63, 3.8) is 0 Å². The van der Waals surface area contributed by atoms with E-state index >= 15 is 0 Å². The van der Waals surface area contributed by atoms with Crippen LogP contribution in [0.25, 0.3) is 0 Å². The van der Waals surface area contributed by atoms with Gasteiger partial charge in [-0.1, -0.05) is 41.5 Å². The predicted octanol–water partition coefficient (Wildman–Crippen LogP) is 3.52. The molecule has 1 unspecified atom stereocenters. The monoisotopic (exact) mass is 444 g/mol. The average Bonchev–Trinajstić information content (AvgIpc) is 2.93. The Morgan fingerprint density at radius 3 is 2.21 bits per heavy atom. The lowest BCUT2D eigenvalue weighted by Gasteiger charge is -2.40. The molecule has 0 amide bonds. The van der Waals surface area contributed by atoms with E-state index in [1.54, 1.807) is 0 Å². The van der Waals surface area contributed by atoms with Crippen molar-refractivity contribution in [2.45, 2.75) is 38.6 Å². The molecule has 2 aliphatic heterocycles. The molecule has 1 aromatic rings. The van der Waals surface area contributed by atoms with Crippen molar-refractivity contribution >= 4 is 28.4 Å². The van der Waals surface area contributed by atoms with Crippen molar-refractivity contribution in [2.24, 2.45) is 0 Å². The molecule has 24 heavy (non-hydrogen) atoms. The van der Waals surface area contributed by atoms with Crippen molar-refractivity contribution in [3.05, 3.63) is 24.4 Å². The zero-order valence-corrected chi connectivity index (χ0v) is 17.5. The number of aromatic nitrogens is 1. The number of alkyl halides is 1. The van der Waals surface area contributed by atoms with Crippen LogP contribution in [0.15, 0.2) is 24.4 Å². The number of rotatable bonds is 4. The molecule has 1 atom stereocenters. The lowest BCUT2D eigenvalue weighted by molar-refractivity contribution is 0.143. The van der Waals surface area contributed by atoms with E-state index in [-0.39, 0.29) is 0 Å². The van der Waals surface area contributed by atoms with E-state index in [1.165, 1.54) is 45.3 Å². The molecule has 0 aromatic carbocycles. The SMILES string of the molecule is CC(CN1CCCCCC1)N1CCN(c2ccccn2)CC1.CI. The van der Waals surface area contributed by atoms with Crippen LogP contribution >= 0.6 is 22.6 Å². The summed E-state index contributed by atoms with van der Waals surface area (Å²) in [5.41, 5.74) is 0. The number of hydrogen-bond acceptors (Lipinski definition) is 4. The number of anilines is 1. The van der Waals surface area contributed by atoms with Crippen LogP contribution in [0.3, 0.4) is 0 Å². The molecule has 0 saturated carbocycles. The highest BCUT2D eigenvalue weighted by Gasteiger charge is 2.23. The number of likely N-dealkylation sites (tertiary alicyclic amines) is 1. The molecule has 1 aromatic heterocycles. The van der Waals surface area contributed by atoms with E-state index in [2.05, 4.69) is 61.3 Å². The van der Waals surface area contributed by atoms with Crippen LogP contribution in [0.1, 0.15) is 32.6 Å². The summed E-state index contributed by atoms with van der Waals surface area (Å²) in [6.07, 6.45) is 7.52. The van der Waals surface area contributed by atoms with Gasteiger partial charge in [-0.15, -0.1) is 0 Å². The Bertz CT molecular complexity index is 426. The molecular weight excluding hydrogens is 411 g/mol. The molecule has 0 bridgehead atoms. The number of halogens is 1. The van der Waals surface area contributed by atoms with Crippen LogP contribution in [-0.4, -0.2) is 71.6 Å². The first-order valence-electron chi connectivity index (χ1n) is 9.33. The van der Waals surface area contributed by atoms with Crippen LogP contribution in [0.5, 0.6) is 0 Å². The standard InChI is InChI=1S/C18H30N4.CH3I/c1-17(16-20-10-6-2-3-7-11-20)21-12-14-22(15-13-21)18-8-4-5-9-19-18;1-2/h4-5,8-9,17H,2-3,6-7,10-16H2,1H3;1H3. The smallest absolute Gasteiger partial charge is 0.128 e. The Morgan fingerprint density at radius 1 is 0.958 bits per heavy atom. The molecule has 2 fully saturated rings. The van der Waals surface area contributed by atoms with Gasteiger partial charge in [0.05, 0.1) is 0 Å². The largest absolute Gasteiger partial charge is 0.354 e. The second-order valence-corrected chi connectivity index (χ2v) is 6.77. The normalized spacial score (nSPS) is 21.5. The lowest BCUT2D eigenvalue weighted by Crippen LogP contribution is -2.52. The Morgan fingerprint density at radius 2 is 1.62 bits per heavy atom. The fraction of sp³-hybridized carbons (Fsp3) is 0.737. The van der Waals surface area contributed by atoms with Gasteiger partial charge in [0.25, 0.3) is 0 Å². The van der Waals surface area contributed by atoms with E-state index in [1.807, 2.05) is 17.2 Å². The highest BCUT2D eigenvalue weighted by Crippen LogP contribution is 2.16. The van der Waals surface area contributed by atoms with Gasteiger partial charge in [0.1, 0.15) is 5.82 Å². The van der Waals surface area contributed by atoms with Crippen LogP contribution < -0.4 is 4.90 Å². The third kappa shape index (κ3) is 6.15. The number of nitrogens with zero attached hydrogens (tertiary/aromatic N) is 4. The maximum absolute atomic E-state index is 4.48. The van der Waals surface area contributed by atoms with E-state index in [4.69, 9.17) is 0 Å². The zero-order chi connectivity index (χ0) is 17.2. The Balaban J connectivity index is 0.00000100. The number of hydrogen-bond donors (Lipinski definition) is 0. The first-order valence-corrected chi connectivity index (χ1v) is 11.5. The Kier molecular flexibility index (Phi) is 9.35. The maximum Gasteiger partial charge on any atom is 0.128 e. The molecule has 5 heteroatoms. The van der Waals surface area contributed by atoms with Crippen LogP contribution in [0.4, 0.5) is 5.82 Å². The highest BCUT2D eigenvalue weighted by molar-refractivity contribution is 14.1. The minimum Gasteiger partial charge on any atom is -0.354 e. The lowest BCUT2D eigenvalue weighted by atomic mass is 10.2. The van der Waals surface area contributed by atoms with Gasteiger partial charge in [-0.25, -0.2) is 4.98 Å². The minimum atomic E-state index is 0.670. The summed E-state index contributed by atoms with van der Waals surface area (Å²) in [6.45, 7) is 10.8. The van der Waals surface area contributed by atoms with Crippen molar-refractivity contribution in [1.29, 1.82) is 0 Å². The fourth-order valence-electron chi connectivity index (χ4n) is 3.74. The van der Waals surface area contributed by atoms with Crippen molar-refractivity contribution in [3.8, 4) is 0 Å². The fourth-order valence-corrected chi connectivity index (χ4v) is 3.74. The summed E-state index contributed by atoms with van der Waals surface area (Å²) in [6, 6.07) is 6.86. The minimum absolute atomic E-state index is 0.670. The van der Waals surface area contributed by atoms with Crippen molar-refractivity contribution < 1.29 is 0 Å². The van der Waals surface area contributed by atoms with Crippen LogP contribution in [0.2, 0.25) is 0 Å². The summed E-state index contributed by atoms with van der Waals surface area (Å²) >= 11 is 2.15. The maximum atomic E-state index is 4.48. The molecule has 0 spiro atoms. The Hall–Kier alpha value is -0.400. The molecule has 2 aliphatic rings. The molecule has 3 heterocycles. The van der Waals surface area contributed by atoms with Crippen molar-refractivity contribution in [1.82, 2.24) is 14.8 Å². The van der Waals surface area contributed by atoms with Gasteiger partial charge in [0.2, 0.25) is 0 Å². The quantitative estimate of drug-likeness (QED) is 0.524. The van der Waals surface area contributed by atoms with Gasteiger partial charge >= 0.3 is 0 Å². The van der Waals surface area contributed by atoms with Gasteiger partial charge in [0, 0.05) is 45.0 Å². The third-order valence-electron chi connectivity index (χ3n) is 5.13. The Labute approximate surface area is 161 Å². The van der Waals surface area contributed by atoms with Crippen LogP contribution in [-0.2, 0) is 0 Å². The van der Waals surface area contributed by atoms with E-state index in [0.29, 0.717) is 6.04 Å². The first-order chi connectivity index (χ1) is 11.8. The average molecular weight is 444 g/mol. The number of pyridine rings is 1. The summed E-state index contributed by atoms with van der Waals surface area (Å²) in [5.74, 6) is 1.13. The van der Waals surface area contributed by atoms with Gasteiger partial charge < -0.3 is 9.80 Å². The molecular formula is C19H33IN4. The topological polar surface area (TPSA) is 22.6 Å².